The molecule has 4 unspecified atom stereocenters. The van der Waals surface area contributed by atoms with Crippen molar-refractivity contribution in [3.05, 3.63) is 75.7 Å². The molecule has 4 N–H and O–H groups in total. The molecule has 4 aromatic rings. The average molecular weight is 760 g/mol. The molecule has 1 saturated carbocycles. The molecule has 0 saturated heterocycles. The molecule has 262 valence electrons. The summed E-state index contributed by atoms with van der Waals surface area (Å²) in [6.45, 7) is 0.219. The topological polar surface area (TPSA) is 194 Å². The number of hydrogen-bond acceptors (Lipinski definition) is 11. The molecule has 50 heavy (non-hydrogen) atoms. The van der Waals surface area contributed by atoms with Crippen LogP contribution in [0.15, 0.2) is 60.7 Å². The fourth-order valence-electron chi connectivity index (χ4n) is 5.57. The number of anilines is 2. The molecule has 2 aliphatic rings. The van der Waals surface area contributed by atoms with Gasteiger partial charge in [-0.1, -0.05) is 89.1 Å². The summed E-state index contributed by atoms with van der Waals surface area (Å²) in [5, 5.41) is 42.9. The van der Waals surface area contributed by atoms with Crippen molar-refractivity contribution < 1.29 is 34.1 Å². The number of benzene rings is 2. The summed E-state index contributed by atoms with van der Waals surface area (Å²) in [5.74, 6) is -4.38. The molecule has 0 spiro atoms. The highest BCUT2D eigenvalue weighted by Crippen LogP contribution is 2.34. The van der Waals surface area contributed by atoms with Crippen LogP contribution < -0.4 is 15.4 Å². The first-order chi connectivity index (χ1) is 24.1. The van der Waals surface area contributed by atoms with Gasteiger partial charge in [-0.2, -0.15) is 0 Å². The molecule has 0 radical (unpaired) electrons. The van der Waals surface area contributed by atoms with Crippen LogP contribution in [0.25, 0.3) is 10.6 Å². The van der Waals surface area contributed by atoms with E-state index in [4.69, 9.17) is 27.9 Å². The third-order valence-corrected chi connectivity index (χ3v) is 10.4. The maximum Gasteiger partial charge on any atom is 0.307 e. The highest BCUT2D eigenvalue weighted by Gasteiger charge is 2.36. The zero-order valence-electron chi connectivity index (χ0n) is 26.3. The van der Waals surface area contributed by atoms with Gasteiger partial charge in [-0.3, -0.25) is 19.2 Å². The van der Waals surface area contributed by atoms with Gasteiger partial charge in [0, 0.05) is 10.6 Å². The van der Waals surface area contributed by atoms with Gasteiger partial charge >= 0.3 is 11.9 Å². The SMILES string of the molecule is O=C(O)C1CC=CCC1C(=O)Nc1nnc(-c2ccccc2Cl)s1.O=C(O)C1CCCCC1C(=O)Nc1nnc(COc2ccc(Cl)cc2)s1. The number of rotatable bonds is 10. The number of nitrogens with one attached hydrogen (secondary N) is 2. The van der Waals surface area contributed by atoms with Gasteiger partial charge in [-0.05, 0) is 56.0 Å². The minimum atomic E-state index is -0.964. The lowest BCUT2D eigenvalue weighted by Gasteiger charge is -2.26. The number of hydrogen-bond donors (Lipinski definition) is 4. The molecule has 0 bridgehead atoms. The fourth-order valence-corrected chi connectivity index (χ4v) is 7.42. The number of carboxylic acid groups (broad SMARTS) is 2. The molecule has 2 aliphatic carbocycles. The van der Waals surface area contributed by atoms with Crippen molar-refractivity contribution in [1.29, 1.82) is 0 Å². The van der Waals surface area contributed by atoms with E-state index in [1.807, 2.05) is 24.3 Å². The van der Waals surface area contributed by atoms with Crippen LogP contribution in [0.4, 0.5) is 10.3 Å². The van der Waals surface area contributed by atoms with Crippen molar-refractivity contribution in [2.75, 3.05) is 10.6 Å². The number of nitrogens with zero attached hydrogens (tertiary/aromatic N) is 4. The Morgan fingerprint density at radius 1 is 0.740 bits per heavy atom. The van der Waals surface area contributed by atoms with E-state index in [-0.39, 0.29) is 18.4 Å². The molecule has 17 heteroatoms. The summed E-state index contributed by atoms with van der Waals surface area (Å²) in [5.41, 5.74) is 0.737. The lowest BCUT2D eigenvalue weighted by molar-refractivity contribution is -0.147. The number of carbonyl (C=O) groups is 4. The lowest BCUT2D eigenvalue weighted by Crippen LogP contribution is -2.36. The van der Waals surface area contributed by atoms with E-state index < -0.39 is 35.6 Å². The second-order valence-electron chi connectivity index (χ2n) is 11.4. The predicted octanol–water partition coefficient (Wildman–Crippen LogP) is 7.06. The van der Waals surface area contributed by atoms with Crippen LogP contribution in [-0.2, 0) is 25.8 Å². The highest BCUT2D eigenvalue weighted by atomic mass is 35.5. The Labute approximate surface area is 304 Å². The number of carboxylic acids is 2. The molecule has 2 aromatic carbocycles. The predicted molar refractivity (Wildman–Crippen MR) is 189 cm³/mol. The Bertz CT molecular complexity index is 1850. The zero-order chi connectivity index (χ0) is 35.6. The summed E-state index contributed by atoms with van der Waals surface area (Å²) < 4.78 is 5.59. The summed E-state index contributed by atoms with van der Waals surface area (Å²) in [6.07, 6.45) is 7.19. The number of aliphatic carboxylic acids is 2. The van der Waals surface area contributed by atoms with E-state index in [1.165, 1.54) is 22.7 Å². The van der Waals surface area contributed by atoms with Crippen LogP contribution in [0.3, 0.4) is 0 Å². The van der Waals surface area contributed by atoms with Gasteiger partial charge in [0.2, 0.25) is 22.1 Å². The van der Waals surface area contributed by atoms with E-state index in [9.17, 15) is 29.4 Å². The van der Waals surface area contributed by atoms with E-state index >= 15 is 0 Å². The largest absolute Gasteiger partial charge is 0.486 e. The van der Waals surface area contributed by atoms with Crippen LogP contribution in [0.1, 0.15) is 43.5 Å². The third kappa shape index (κ3) is 9.84. The van der Waals surface area contributed by atoms with Crippen molar-refractivity contribution in [1.82, 2.24) is 20.4 Å². The van der Waals surface area contributed by atoms with Crippen LogP contribution in [-0.4, -0.2) is 54.4 Å². The first kappa shape index (κ1) is 36.8. The minimum Gasteiger partial charge on any atom is -0.486 e. The third-order valence-electron chi connectivity index (χ3n) is 8.14. The Morgan fingerprint density at radius 3 is 2.02 bits per heavy atom. The van der Waals surface area contributed by atoms with Crippen molar-refractivity contribution in [2.45, 2.75) is 45.1 Å². The molecule has 1 fully saturated rings. The van der Waals surface area contributed by atoms with E-state index in [1.54, 1.807) is 36.4 Å². The van der Waals surface area contributed by atoms with Gasteiger partial charge in [-0.25, -0.2) is 0 Å². The maximum atomic E-state index is 12.4. The molecule has 13 nitrogen and oxygen atoms in total. The molecular formula is C33H32Cl2N6O7S2. The number of allylic oxidation sites excluding steroid dienone is 2. The summed E-state index contributed by atoms with van der Waals surface area (Å²) in [6, 6.07) is 14.2. The summed E-state index contributed by atoms with van der Waals surface area (Å²) >= 11 is 14.4. The van der Waals surface area contributed by atoms with Crippen LogP contribution in [0.5, 0.6) is 5.75 Å². The maximum absolute atomic E-state index is 12.4. The van der Waals surface area contributed by atoms with E-state index in [2.05, 4.69) is 31.0 Å². The van der Waals surface area contributed by atoms with Crippen molar-refractivity contribution in [2.24, 2.45) is 23.7 Å². The number of amides is 2. The van der Waals surface area contributed by atoms with Gasteiger partial charge in [0.15, 0.2) is 10.0 Å². The first-order valence-electron chi connectivity index (χ1n) is 15.6. The average Bonchev–Trinajstić information content (AvgIpc) is 3.78. The van der Waals surface area contributed by atoms with Crippen LogP contribution in [0, 0.1) is 23.7 Å². The molecule has 2 aromatic heterocycles. The van der Waals surface area contributed by atoms with Crippen molar-refractivity contribution >= 4 is 79.9 Å². The molecular weight excluding hydrogens is 727 g/mol. The molecule has 2 heterocycles. The Kier molecular flexibility index (Phi) is 12.9. The van der Waals surface area contributed by atoms with Crippen LogP contribution >= 0.6 is 45.9 Å². The second-order valence-corrected chi connectivity index (χ2v) is 14.3. The number of aromatic nitrogens is 4. The molecule has 0 aliphatic heterocycles. The second kappa shape index (κ2) is 17.5. The Hall–Kier alpha value is -4.44. The summed E-state index contributed by atoms with van der Waals surface area (Å²) in [4.78, 5) is 47.5. The van der Waals surface area contributed by atoms with Crippen LogP contribution in [0.2, 0.25) is 10.0 Å². The summed E-state index contributed by atoms with van der Waals surface area (Å²) in [7, 11) is 0. The number of halogens is 2. The lowest BCUT2D eigenvalue weighted by atomic mass is 9.79. The van der Waals surface area contributed by atoms with Crippen molar-refractivity contribution in [3.63, 3.8) is 0 Å². The van der Waals surface area contributed by atoms with E-state index in [0.29, 0.717) is 61.8 Å². The smallest absolute Gasteiger partial charge is 0.307 e. The number of carbonyl (C=O) groups excluding carboxylic acids is 2. The van der Waals surface area contributed by atoms with Gasteiger partial charge in [0.25, 0.3) is 0 Å². The van der Waals surface area contributed by atoms with Crippen molar-refractivity contribution in [3.8, 4) is 16.3 Å². The standard InChI is InChI=1S/C17H18ClN3O4S.C16H14ClN3O3S/c18-10-5-7-11(8-6-10)25-9-14-20-21-17(26-14)19-15(22)12-3-1-2-4-13(12)16(23)24;17-12-8-4-3-7-11(12)14-19-20-16(24-14)18-13(21)9-5-1-2-6-10(9)15(22)23/h5-8,12-13H,1-4,9H2,(H,23,24)(H,19,21,22);1-4,7-10H,5-6H2,(H,22,23)(H,18,20,21). The van der Waals surface area contributed by atoms with Gasteiger partial charge < -0.3 is 25.6 Å². The monoisotopic (exact) mass is 758 g/mol. The Morgan fingerprint density at radius 2 is 1.34 bits per heavy atom. The van der Waals surface area contributed by atoms with Gasteiger partial charge in [-0.15, -0.1) is 20.4 Å². The number of ether oxygens (including phenoxy) is 1. The molecule has 6 rings (SSSR count). The molecule has 2 amide bonds. The van der Waals surface area contributed by atoms with Gasteiger partial charge in [0.05, 0.1) is 28.7 Å². The minimum absolute atomic E-state index is 0.219. The van der Waals surface area contributed by atoms with Gasteiger partial charge in [0.1, 0.15) is 12.4 Å². The zero-order valence-corrected chi connectivity index (χ0v) is 29.5. The normalized spacial score (nSPS) is 19.8. The Balaban J connectivity index is 0.000000195. The highest BCUT2D eigenvalue weighted by molar-refractivity contribution is 7.18. The fraction of sp³-hybridized carbons (Fsp3) is 0.333. The molecule has 4 atom stereocenters. The van der Waals surface area contributed by atoms with E-state index in [0.717, 1.165) is 18.4 Å². The quantitative estimate of drug-likeness (QED) is 0.121. The first-order valence-corrected chi connectivity index (χ1v) is 18.0.